The lowest BCUT2D eigenvalue weighted by molar-refractivity contribution is 0.462. The first-order chi connectivity index (χ1) is 9.17. The maximum atomic E-state index is 5.92. The van der Waals surface area contributed by atoms with Crippen LogP contribution in [0.5, 0.6) is 11.6 Å². The summed E-state index contributed by atoms with van der Waals surface area (Å²) in [6.07, 6.45) is 3.66. The standard InChI is InChI=1S/C15H17IN2O/c1-2-13(17)8-11-6-7-15(18-10-11)19-14-5-3-4-12(16)9-14/h3-7,9-10,13H,2,8,17H2,1H3. The average Bonchev–Trinajstić information content (AvgIpc) is 2.41. The lowest BCUT2D eigenvalue weighted by Crippen LogP contribution is -2.21. The van der Waals surface area contributed by atoms with Crippen molar-refractivity contribution in [3.8, 4) is 11.6 Å². The minimum Gasteiger partial charge on any atom is -0.439 e. The van der Waals surface area contributed by atoms with Crippen molar-refractivity contribution in [2.75, 3.05) is 0 Å². The van der Waals surface area contributed by atoms with Gasteiger partial charge in [-0.15, -0.1) is 0 Å². The number of nitrogens with two attached hydrogens (primary N) is 1. The molecule has 19 heavy (non-hydrogen) atoms. The van der Waals surface area contributed by atoms with Gasteiger partial charge in [-0.25, -0.2) is 4.98 Å². The molecule has 0 aliphatic heterocycles. The molecule has 1 atom stereocenters. The van der Waals surface area contributed by atoms with Crippen molar-refractivity contribution in [2.45, 2.75) is 25.8 Å². The maximum Gasteiger partial charge on any atom is 0.219 e. The van der Waals surface area contributed by atoms with E-state index in [1.807, 2.05) is 42.6 Å². The highest BCUT2D eigenvalue weighted by molar-refractivity contribution is 14.1. The molecular weight excluding hydrogens is 351 g/mol. The van der Waals surface area contributed by atoms with Crippen LogP contribution >= 0.6 is 22.6 Å². The molecule has 2 aromatic rings. The molecule has 0 radical (unpaired) electrons. The van der Waals surface area contributed by atoms with Gasteiger partial charge in [-0.2, -0.15) is 0 Å². The van der Waals surface area contributed by atoms with Crippen LogP contribution in [0.15, 0.2) is 42.6 Å². The molecule has 0 bridgehead atoms. The molecule has 2 N–H and O–H groups in total. The summed E-state index contributed by atoms with van der Waals surface area (Å²) in [7, 11) is 0. The quantitative estimate of drug-likeness (QED) is 0.818. The van der Waals surface area contributed by atoms with Crippen molar-refractivity contribution in [1.29, 1.82) is 0 Å². The largest absolute Gasteiger partial charge is 0.439 e. The minimum atomic E-state index is 0.198. The predicted octanol–water partition coefficient (Wildman–Crippen LogP) is 3.76. The van der Waals surface area contributed by atoms with Crippen molar-refractivity contribution >= 4 is 22.6 Å². The van der Waals surface area contributed by atoms with Gasteiger partial charge < -0.3 is 10.5 Å². The smallest absolute Gasteiger partial charge is 0.219 e. The molecular formula is C15H17IN2O. The number of aromatic nitrogens is 1. The molecule has 2 rings (SSSR count). The van der Waals surface area contributed by atoms with Crippen LogP contribution in [-0.4, -0.2) is 11.0 Å². The number of ether oxygens (including phenoxy) is 1. The fraction of sp³-hybridized carbons (Fsp3) is 0.267. The van der Waals surface area contributed by atoms with Crippen molar-refractivity contribution < 1.29 is 4.74 Å². The van der Waals surface area contributed by atoms with Crippen LogP contribution in [-0.2, 0) is 6.42 Å². The van der Waals surface area contributed by atoms with E-state index in [4.69, 9.17) is 10.5 Å². The molecule has 0 saturated heterocycles. The molecule has 0 saturated carbocycles. The summed E-state index contributed by atoms with van der Waals surface area (Å²) >= 11 is 2.26. The van der Waals surface area contributed by atoms with Gasteiger partial charge in [0, 0.05) is 21.9 Å². The van der Waals surface area contributed by atoms with Crippen molar-refractivity contribution in [2.24, 2.45) is 5.73 Å². The van der Waals surface area contributed by atoms with Crippen molar-refractivity contribution in [3.63, 3.8) is 0 Å². The van der Waals surface area contributed by atoms with Crippen molar-refractivity contribution in [1.82, 2.24) is 4.98 Å². The van der Waals surface area contributed by atoms with E-state index in [9.17, 15) is 0 Å². The molecule has 1 aromatic heterocycles. The second-order valence-corrected chi connectivity index (χ2v) is 5.68. The monoisotopic (exact) mass is 368 g/mol. The fourth-order valence-electron chi connectivity index (χ4n) is 1.69. The van der Waals surface area contributed by atoms with E-state index >= 15 is 0 Å². The first kappa shape index (κ1) is 14.3. The fourth-order valence-corrected chi connectivity index (χ4v) is 2.20. The summed E-state index contributed by atoms with van der Waals surface area (Å²) in [5, 5.41) is 0. The Hall–Kier alpha value is -1.14. The van der Waals surface area contributed by atoms with Crippen molar-refractivity contribution in [3.05, 3.63) is 51.7 Å². The van der Waals surface area contributed by atoms with E-state index < -0.39 is 0 Å². The summed E-state index contributed by atoms with van der Waals surface area (Å²) < 4.78 is 6.84. The summed E-state index contributed by atoms with van der Waals surface area (Å²) in [5.41, 5.74) is 7.07. The van der Waals surface area contributed by atoms with E-state index in [-0.39, 0.29) is 6.04 Å². The van der Waals surface area contributed by atoms with Gasteiger partial charge in [0.2, 0.25) is 5.88 Å². The Bertz CT molecular complexity index is 528. The number of hydrogen-bond acceptors (Lipinski definition) is 3. The van der Waals surface area contributed by atoms with Crippen LogP contribution in [0.25, 0.3) is 0 Å². The molecule has 1 unspecified atom stereocenters. The Morgan fingerprint density at radius 2 is 2.16 bits per heavy atom. The molecule has 1 aromatic carbocycles. The van der Waals surface area contributed by atoms with Gasteiger partial charge in [0.05, 0.1) is 0 Å². The van der Waals surface area contributed by atoms with E-state index in [0.29, 0.717) is 5.88 Å². The molecule has 0 spiro atoms. The number of rotatable bonds is 5. The first-order valence-corrected chi connectivity index (χ1v) is 7.39. The Morgan fingerprint density at radius 3 is 2.79 bits per heavy atom. The number of halogens is 1. The number of nitrogens with zero attached hydrogens (tertiary/aromatic N) is 1. The Balaban J connectivity index is 2.02. The molecule has 0 aliphatic carbocycles. The molecule has 100 valence electrons. The van der Waals surface area contributed by atoms with Gasteiger partial charge in [0.1, 0.15) is 5.75 Å². The highest BCUT2D eigenvalue weighted by Crippen LogP contribution is 2.21. The van der Waals surface area contributed by atoms with E-state index in [1.54, 1.807) is 0 Å². The second kappa shape index (κ2) is 6.86. The molecule has 3 nitrogen and oxygen atoms in total. The Labute approximate surface area is 127 Å². The molecule has 4 heteroatoms. The third kappa shape index (κ3) is 4.47. The van der Waals surface area contributed by atoms with Gasteiger partial charge >= 0.3 is 0 Å². The SMILES string of the molecule is CCC(N)Cc1ccc(Oc2cccc(I)c2)nc1. The normalized spacial score (nSPS) is 12.2. The van der Waals surface area contributed by atoms with Crippen LogP contribution in [0.4, 0.5) is 0 Å². The van der Waals surface area contributed by atoms with Crippen LogP contribution in [0.3, 0.4) is 0 Å². The Morgan fingerprint density at radius 1 is 1.32 bits per heavy atom. The average molecular weight is 368 g/mol. The van der Waals surface area contributed by atoms with Gasteiger partial charge in [0.25, 0.3) is 0 Å². The van der Waals surface area contributed by atoms with Gasteiger partial charge in [-0.1, -0.05) is 19.1 Å². The highest BCUT2D eigenvalue weighted by atomic mass is 127. The second-order valence-electron chi connectivity index (χ2n) is 4.44. The number of pyridine rings is 1. The van der Waals surface area contributed by atoms with Crippen LogP contribution in [0.2, 0.25) is 0 Å². The highest BCUT2D eigenvalue weighted by Gasteiger charge is 2.03. The lowest BCUT2D eigenvalue weighted by atomic mass is 10.1. The summed E-state index contributed by atoms with van der Waals surface area (Å²) in [4.78, 5) is 4.31. The zero-order chi connectivity index (χ0) is 13.7. The zero-order valence-corrected chi connectivity index (χ0v) is 13.0. The Kier molecular flexibility index (Phi) is 5.15. The lowest BCUT2D eigenvalue weighted by Gasteiger charge is -2.09. The number of benzene rings is 1. The van der Waals surface area contributed by atoms with Crippen LogP contribution in [0.1, 0.15) is 18.9 Å². The third-order valence-electron chi connectivity index (χ3n) is 2.84. The third-order valence-corrected chi connectivity index (χ3v) is 3.51. The summed E-state index contributed by atoms with van der Waals surface area (Å²) in [6.45, 7) is 2.09. The predicted molar refractivity (Wildman–Crippen MR) is 85.4 cm³/mol. The van der Waals surface area contributed by atoms with Crippen LogP contribution < -0.4 is 10.5 Å². The molecule has 1 heterocycles. The molecule has 0 amide bonds. The minimum absolute atomic E-state index is 0.198. The van der Waals surface area contributed by atoms with Gasteiger partial charge in [-0.05, 0) is 59.2 Å². The van der Waals surface area contributed by atoms with Crippen LogP contribution in [0, 0.1) is 3.57 Å². The zero-order valence-electron chi connectivity index (χ0n) is 10.8. The first-order valence-electron chi connectivity index (χ1n) is 6.31. The van der Waals surface area contributed by atoms with E-state index in [0.717, 1.165) is 27.7 Å². The summed E-state index contributed by atoms with van der Waals surface area (Å²) in [6, 6.07) is 12.0. The van der Waals surface area contributed by atoms with Gasteiger partial charge in [0.15, 0.2) is 0 Å². The molecule has 0 fully saturated rings. The van der Waals surface area contributed by atoms with Gasteiger partial charge in [-0.3, -0.25) is 0 Å². The van der Waals surface area contributed by atoms with E-state index in [1.165, 1.54) is 0 Å². The summed E-state index contributed by atoms with van der Waals surface area (Å²) in [5.74, 6) is 1.41. The van der Waals surface area contributed by atoms with E-state index in [2.05, 4.69) is 34.5 Å². The number of hydrogen-bond donors (Lipinski definition) is 1. The molecule has 0 aliphatic rings. The topological polar surface area (TPSA) is 48.1 Å². The maximum absolute atomic E-state index is 5.92.